The Kier molecular flexibility index (Phi) is 3.58. The number of amides is 1. The third-order valence-corrected chi connectivity index (χ3v) is 4.96. The highest BCUT2D eigenvalue weighted by molar-refractivity contribution is 7.09. The van der Waals surface area contributed by atoms with Crippen LogP contribution in [0.3, 0.4) is 0 Å². The van der Waals surface area contributed by atoms with E-state index in [-0.39, 0.29) is 5.91 Å². The summed E-state index contributed by atoms with van der Waals surface area (Å²) in [6.45, 7) is 2.78. The topological polar surface area (TPSA) is 59.2 Å². The molecule has 1 aromatic rings. The molecule has 1 heterocycles. The summed E-state index contributed by atoms with van der Waals surface area (Å²) in [5.41, 5.74) is 6.15. The fourth-order valence-electron chi connectivity index (χ4n) is 2.62. The Labute approximate surface area is 118 Å². The van der Waals surface area contributed by atoms with Crippen molar-refractivity contribution in [2.24, 2.45) is 11.7 Å². The van der Waals surface area contributed by atoms with E-state index in [4.69, 9.17) is 5.73 Å². The number of carbonyl (C=O) groups is 1. The van der Waals surface area contributed by atoms with Gasteiger partial charge in [-0.2, -0.15) is 0 Å². The van der Waals surface area contributed by atoms with E-state index in [0.29, 0.717) is 30.2 Å². The van der Waals surface area contributed by atoms with Gasteiger partial charge in [0.1, 0.15) is 5.69 Å². The summed E-state index contributed by atoms with van der Waals surface area (Å²) < 4.78 is 0. The van der Waals surface area contributed by atoms with Gasteiger partial charge in [0.05, 0.1) is 5.01 Å². The van der Waals surface area contributed by atoms with Crippen molar-refractivity contribution in [3.63, 3.8) is 0 Å². The molecule has 2 aliphatic rings. The Hall–Kier alpha value is -0.940. The van der Waals surface area contributed by atoms with Crippen LogP contribution in [0.2, 0.25) is 0 Å². The number of hydrogen-bond acceptors (Lipinski definition) is 4. The summed E-state index contributed by atoms with van der Waals surface area (Å²) in [5, 5.41) is 2.86. The molecule has 2 aliphatic carbocycles. The second kappa shape index (κ2) is 5.21. The molecule has 0 saturated heterocycles. The monoisotopic (exact) mass is 279 g/mol. The van der Waals surface area contributed by atoms with Gasteiger partial charge < -0.3 is 10.6 Å². The minimum absolute atomic E-state index is 0.126. The second-order valence-electron chi connectivity index (χ2n) is 5.69. The largest absolute Gasteiger partial charge is 0.331 e. The molecule has 2 N–H and O–H groups in total. The van der Waals surface area contributed by atoms with Gasteiger partial charge in [-0.1, -0.05) is 0 Å². The summed E-state index contributed by atoms with van der Waals surface area (Å²) >= 11 is 1.55. The van der Waals surface area contributed by atoms with Crippen LogP contribution in [0, 0.1) is 5.92 Å². The lowest BCUT2D eigenvalue weighted by molar-refractivity contribution is 0.0648. The minimum Gasteiger partial charge on any atom is -0.331 e. The summed E-state index contributed by atoms with van der Waals surface area (Å²) in [6, 6.07) is 0.836. The SMILES string of the molecule is CC(C1CC1)N(C(=O)c1csc(CCN)n1)C1CC1. The fraction of sp³-hybridized carbons (Fsp3) is 0.714. The van der Waals surface area contributed by atoms with Gasteiger partial charge in [0, 0.05) is 23.9 Å². The Morgan fingerprint density at radius 2 is 2.26 bits per heavy atom. The van der Waals surface area contributed by atoms with Crippen LogP contribution in [-0.4, -0.2) is 34.4 Å². The molecule has 1 amide bonds. The quantitative estimate of drug-likeness (QED) is 0.867. The van der Waals surface area contributed by atoms with Gasteiger partial charge >= 0.3 is 0 Å². The molecule has 5 heteroatoms. The molecule has 2 fully saturated rings. The lowest BCUT2D eigenvalue weighted by Crippen LogP contribution is -2.41. The maximum Gasteiger partial charge on any atom is 0.273 e. The number of nitrogens with two attached hydrogens (primary N) is 1. The van der Waals surface area contributed by atoms with Crippen LogP contribution in [0.15, 0.2) is 5.38 Å². The van der Waals surface area contributed by atoms with E-state index in [2.05, 4.69) is 16.8 Å². The first-order valence-electron chi connectivity index (χ1n) is 7.18. The zero-order valence-electron chi connectivity index (χ0n) is 11.3. The molecule has 4 nitrogen and oxygen atoms in total. The van der Waals surface area contributed by atoms with Gasteiger partial charge in [0.15, 0.2) is 0 Å². The first-order valence-corrected chi connectivity index (χ1v) is 8.05. The average Bonchev–Trinajstić information content (AvgIpc) is 3.29. The second-order valence-corrected chi connectivity index (χ2v) is 6.63. The normalized spacial score (nSPS) is 20.3. The number of aromatic nitrogens is 1. The number of thiazole rings is 1. The molecule has 2 saturated carbocycles. The van der Waals surface area contributed by atoms with Crippen molar-refractivity contribution >= 4 is 17.2 Å². The Morgan fingerprint density at radius 3 is 2.84 bits per heavy atom. The van der Waals surface area contributed by atoms with Crippen molar-refractivity contribution in [1.82, 2.24) is 9.88 Å². The van der Waals surface area contributed by atoms with Crippen molar-refractivity contribution in [2.75, 3.05) is 6.54 Å². The lowest BCUT2D eigenvalue weighted by Gasteiger charge is -2.28. The van der Waals surface area contributed by atoms with Gasteiger partial charge in [-0.25, -0.2) is 4.98 Å². The van der Waals surface area contributed by atoms with Gasteiger partial charge in [0.2, 0.25) is 0 Å². The Bertz CT molecular complexity index is 465. The van der Waals surface area contributed by atoms with Crippen LogP contribution in [0.1, 0.15) is 48.1 Å². The van der Waals surface area contributed by atoms with Crippen molar-refractivity contribution in [3.8, 4) is 0 Å². The Balaban J connectivity index is 1.75. The number of rotatable bonds is 6. The van der Waals surface area contributed by atoms with Crippen LogP contribution >= 0.6 is 11.3 Å². The van der Waals surface area contributed by atoms with Crippen LogP contribution < -0.4 is 5.73 Å². The molecule has 0 aromatic carbocycles. The zero-order valence-corrected chi connectivity index (χ0v) is 12.2. The Morgan fingerprint density at radius 1 is 1.53 bits per heavy atom. The molecule has 1 unspecified atom stereocenters. The van der Waals surface area contributed by atoms with E-state index in [1.165, 1.54) is 12.8 Å². The molecule has 104 valence electrons. The van der Waals surface area contributed by atoms with Gasteiger partial charge in [-0.05, 0) is 45.1 Å². The number of hydrogen-bond donors (Lipinski definition) is 1. The molecule has 3 rings (SSSR count). The molecule has 0 aliphatic heterocycles. The van der Waals surface area contributed by atoms with Crippen LogP contribution in [0.4, 0.5) is 0 Å². The van der Waals surface area contributed by atoms with E-state index in [0.717, 1.165) is 24.3 Å². The maximum atomic E-state index is 12.7. The smallest absolute Gasteiger partial charge is 0.273 e. The standard InChI is InChI=1S/C14H21N3OS/c1-9(10-2-3-10)17(11-4-5-11)14(18)12-8-19-13(16-12)6-7-15/h8-11H,2-7,15H2,1H3. The third-order valence-electron chi connectivity index (χ3n) is 4.05. The van der Waals surface area contributed by atoms with Gasteiger partial charge in [-0.3, -0.25) is 4.79 Å². The fourth-order valence-corrected chi connectivity index (χ4v) is 3.41. The molecule has 1 aromatic heterocycles. The molecule has 1 atom stereocenters. The average molecular weight is 279 g/mol. The predicted molar refractivity (Wildman–Crippen MR) is 76.2 cm³/mol. The van der Waals surface area contributed by atoms with Crippen LogP contribution in [0.25, 0.3) is 0 Å². The summed E-state index contributed by atoms with van der Waals surface area (Å²) in [7, 11) is 0. The molecular weight excluding hydrogens is 258 g/mol. The van der Waals surface area contributed by atoms with Crippen LogP contribution in [-0.2, 0) is 6.42 Å². The molecule has 19 heavy (non-hydrogen) atoms. The van der Waals surface area contributed by atoms with Crippen LogP contribution in [0.5, 0.6) is 0 Å². The first-order chi connectivity index (χ1) is 9.20. The summed E-state index contributed by atoms with van der Waals surface area (Å²) in [5.74, 6) is 0.841. The molecular formula is C14H21N3OS. The minimum atomic E-state index is 0.126. The highest BCUT2D eigenvalue weighted by Crippen LogP contribution is 2.40. The number of nitrogens with zero attached hydrogens (tertiary/aromatic N) is 2. The zero-order chi connectivity index (χ0) is 13.4. The lowest BCUT2D eigenvalue weighted by atomic mass is 10.1. The molecule has 0 spiro atoms. The summed E-state index contributed by atoms with van der Waals surface area (Å²) in [4.78, 5) is 19.2. The van der Waals surface area contributed by atoms with Crippen molar-refractivity contribution in [2.45, 2.75) is 51.1 Å². The number of carbonyl (C=O) groups excluding carboxylic acids is 1. The summed E-state index contributed by atoms with van der Waals surface area (Å²) in [6.07, 6.45) is 5.62. The predicted octanol–water partition coefficient (Wildman–Crippen LogP) is 2.05. The van der Waals surface area contributed by atoms with Gasteiger partial charge in [0.25, 0.3) is 5.91 Å². The van der Waals surface area contributed by atoms with Crippen molar-refractivity contribution in [3.05, 3.63) is 16.1 Å². The highest BCUT2D eigenvalue weighted by Gasteiger charge is 2.42. The van der Waals surface area contributed by atoms with Crippen molar-refractivity contribution < 1.29 is 4.79 Å². The van der Waals surface area contributed by atoms with Crippen molar-refractivity contribution in [1.29, 1.82) is 0 Å². The molecule has 0 radical (unpaired) electrons. The maximum absolute atomic E-state index is 12.7. The third kappa shape index (κ3) is 2.82. The van der Waals surface area contributed by atoms with E-state index in [1.54, 1.807) is 11.3 Å². The molecule has 0 bridgehead atoms. The highest BCUT2D eigenvalue weighted by atomic mass is 32.1. The first kappa shape index (κ1) is 13.1. The van der Waals surface area contributed by atoms with Gasteiger partial charge in [-0.15, -0.1) is 11.3 Å². The van der Waals surface area contributed by atoms with E-state index >= 15 is 0 Å². The van der Waals surface area contributed by atoms with E-state index < -0.39 is 0 Å². The van der Waals surface area contributed by atoms with E-state index in [9.17, 15) is 4.79 Å². The van der Waals surface area contributed by atoms with E-state index in [1.807, 2.05) is 5.38 Å².